The highest BCUT2D eigenvalue weighted by Crippen LogP contribution is 2.19. The third-order valence-corrected chi connectivity index (χ3v) is 4.78. The largest absolute Gasteiger partial charge is 0.361 e. The van der Waals surface area contributed by atoms with Gasteiger partial charge in [0.2, 0.25) is 0 Å². The molecule has 0 bridgehead atoms. The number of nitrogens with one attached hydrogen (secondary N) is 2. The van der Waals surface area contributed by atoms with Gasteiger partial charge in [0.15, 0.2) is 4.77 Å². The Morgan fingerprint density at radius 1 is 1.08 bits per heavy atom. The lowest BCUT2D eigenvalue weighted by atomic mass is 10.1. The number of hydrogen-bond acceptors (Lipinski definition) is 2. The van der Waals surface area contributed by atoms with Crippen molar-refractivity contribution in [2.45, 2.75) is 13.0 Å². The molecule has 2 aromatic carbocycles. The Balaban J connectivity index is 1.73. The Labute approximate surface area is 147 Å². The summed E-state index contributed by atoms with van der Waals surface area (Å²) < 4.78 is 2.02. The van der Waals surface area contributed by atoms with Gasteiger partial charge in [-0.15, -0.1) is 0 Å². The van der Waals surface area contributed by atoms with Crippen molar-refractivity contribution in [1.82, 2.24) is 14.5 Å². The number of H-pyrrole nitrogens is 2. The summed E-state index contributed by atoms with van der Waals surface area (Å²) in [7, 11) is 0. The molecule has 2 heterocycles. The molecule has 4 rings (SSSR count). The van der Waals surface area contributed by atoms with Crippen LogP contribution in [0.1, 0.15) is 5.56 Å². The molecule has 4 nitrogen and oxygen atoms in total. The Morgan fingerprint density at radius 2 is 1.92 bits per heavy atom. The van der Waals surface area contributed by atoms with Crippen LogP contribution in [0.4, 0.5) is 0 Å². The van der Waals surface area contributed by atoms with Crippen molar-refractivity contribution in [2.75, 3.05) is 0 Å². The second kappa shape index (κ2) is 5.92. The zero-order valence-electron chi connectivity index (χ0n) is 12.7. The molecule has 2 N–H and O–H groups in total. The van der Waals surface area contributed by atoms with Crippen LogP contribution in [0, 0.1) is 4.77 Å². The smallest absolute Gasteiger partial charge is 0.262 e. The Kier molecular flexibility index (Phi) is 3.75. The Hall–Kier alpha value is -2.37. The summed E-state index contributed by atoms with van der Waals surface area (Å²) >= 11 is 11.3. The second-order valence-electron chi connectivity index (χ2n) is 5.69. The number of aryl methyl sites for hydroxylation is 1. The van der Waals surface area contributed by atoms with Gasteiger partial charge in [0.05, 0.1) is 10.9 Å². The van der Waals surface area contributed by atoms with Gasteiger partial charge in [-0.3, -0.25) is 9.36 Å². The van der Waals surface area contributed by atoms with Crippen LogP contribution in [0.3, 0.4) is 0 Å². The minimum Gasteiger partial charge on any atom is -0.361 e. The first kappa shape index (κ1) is 15.2. The third-order valence-electron chi connectivity index (χ3n) is 4.22. The van der Waals surface area contributed by atoms with Crippen LogP contribution in [0.2, 0.25) is 5.02 Å². The highest BCUT2D eigenvalue weighted by atomic mass is 35.5. The molecule has 0 aliphatic carbocycles. The van der Waals surface area contributed by atoms with Crippen molar-refractivity contribution in [3.05, 3.63) is 74.4 Å². The number of nitrogens with zero attached hydrogens (tertiary/aromatic N) is 1. The Bertz CT molecular complexity index is 1170. The summed E-state index contributed by atoms with van der Waals surface area (Å²) in [5.74, 6) is 0. The summed E-state index contributed by atoms with van der Waals surface area (Å²) in [6.07, 6.45) is 2.71. The van der Waals surface area contributed by atoms with Crippen LogP contribution >= 0.6 is 23.8 Å². The summed E-state index contributed by atoms with van der Waals surface area (Å²) in [5, 5.41) is 2.34. The van der Waals surface area contributed by atoms with E-state index in [1.807, 2.05) is 24.4 Å². The van der Waals surface area contributed by atoms with Crippen molar-refractivity contribution >= 4 is 45.6 Å². The normalized spacial score (nSPS) is 11.4. The van der Waals surface area contributed by atoms with Crippen molar-refractivity contribution in [1.29, 1.82) is 0 Å². The Morgan fingerprint density at radius 3 is 2.79 bits per heavy atom. The third kappa shape index (κ3) is 2.56. The lowest BCUT2D eigenvalue weighted by molar-refractivity contribution is 0.654. The van der Waals surface area contributed by atoms with E-state index in [0.29, 0.717) is 27.2 Å². The fourth-order valence-electron chi connectivity index (χ4n) is 3.00. The van der Waals surface area contributed by atoms with Gasteiger partial charge >= 0.3 is 0 Å². The number of benzene rings is 2. The van der Waals surface area contributed by atoms with Gasteiger partial charge in [-0.2, -0.15) is 0 Å². The summed E-state index contributed by atoms with van der Waals surface area (Å²) in [4.78, 5) is 19.1. The lowest BCUT2D eigenvalue weighted by Gasteiger charge is -2.08. The van der Waals surface area contributed by atoms with Gasteiger partial charge < -0.3 is 9.97 Å². The van der Waals surface area contributed by atoms with Crippen molar-refractivity contribution < 1.29 is 0 Å². The summed E-state index contributed by atoms with van der Waals surface area (Å²) in [5.41, 5.74) is 2.84. The van der Waals surface area contributed by atoms with Crippen molar-refractivity contribution in [2.24, 2.45) is 0 Å². The van der Waals surface area contributed by atoms with Gasteiger partial charge in [-0.1, -0.05) is 29.8 Å². The maximum atomic E-state index is 12.7. The molecule has 0 atom stereocenters. The molecule has 120 valence electrons. The fourth-order valence-corrected chi connectivity index (χ4v) is 3.46. The summed E-state index contributed by atoms with van der Waals surface area (Å²) in [6.45, 7) is 0.522. The quantitative estimate of drug-likeness (QED) is 0.534. The van der Waals surface area contributed by atoms with E-state index in [1.54, 1.807) is 22.8 Å². The molecule has 0 amide bonds. The molecule has 0 aliphatic heterocycles. The topological polar surface area (TPSA) is 53.6 Å². The first-order valence-electron chi connectivity index (χ1n) is 7.61. The van der Waals surface area contributed by atoms with Crippen LogP contribution in [0.5, 0.6) is 0 Å². The molecule has 0 aliphatic rings. The van der Waals surface area contributed by atoms with Gasteiger partial charge in [-0.05, 0) is 48.5 Å². The van der Waals surface area contributed by atoms with Crippen LogP contribution in [-0.2, 0) is 13.0 Å². The number of fused-ring (bicyclic) bond motifs is 2. The monoisotopic (exact) mass is 355 g/mol. The minimum atomic E-state index is -0.0924. The molecule has 0 spiro atoms. The van der Waals surface area contributed by atoms with E-state index >= 15 is 0 Å². The maximum Gasteiger partial charge on any atom is 0.262 e. The van der Waals surface area contributed by atoms with Gasteiger partial charge in [0.25, 0.3) is 5.56 Å². The van der Waals surface area contributed by atoms with Gasteiger partial charge in [-0.25, -0.2) is 0 Å². The molecule has 0 radical (unpaired) electrons. The number of halogens is 1. The van der Waals surface area contributed by atoms with Gasteiger partial charge in [0.1, 0.15) is 0 Å². The minimum absolute atomic E-state index is 0.0924. The molecular weight excluding hydrogens is 342 g/mol. The highest BCUT2D eigenvalue weighted by Gasteiger charge is 2.08. The maximum absolute atomic E-state index is 12.7. The van der Waals surface area contributed by atoms with E-state index in [0.717, 1.165) is 11.9 Å². The van der Waals surface area contributed by atoms with E-state index in [1.165, 1.54) is 10.9 Å². The van der Waals surface area contributed by atoms with E-state index in [9.17, 15) is 4.79 Å². The standard InChI is InChI=1S/C18H14ClN3OS/c19-12-5-6-14-16(9-12)21-18(24)22(17(14)23)8-7-11-10-20-15-4-2-1-3-13(11)15/h1-6,9-10,20H,7-8H2,(H,21,24). The van der Waals surface area contributed by atoms with Crippen LogP contribution in [0.25, 0.3) is 21.8 Å². The molecule has 24 heavy (non-hydrogen) atoms. The number of aromatic amines is 2. The molecule has 0 saturated carbocycles. The first-order valence-corrected chi connectivity index (χ1v) is 8.39. The SMILES string of the molecule is O=c1c2ccc(Cl)cc2[nH]c(=S)n1CCc1c[nH]c2ccccc12. The molecule has 0 unspecified atom stereocenters. The molecule has 0 saturated heterocycles. The first-order chi connectivity index (χ1) is 11.6. The zero-order valence-corrected chi connectivity index (χ0v) is 14.2. The van der Waals surface area contributed by atoms with E-state index in [4.69, 9.17) is 23.8 Å². The van der Waals surface area contributed by atoms with Gasteiger partial charge in [0, 0.05) is 28.7 Å². The summed E-state index contributed by atoms with van der Waals surface area (Å²) in [6, 6.07) is 13.3. The number of para-hydroxylation sites is 1. The van der Waals surface area contributed by atoms with Crippen molar-refractivity contribution in [3.63, 3.8) is 0 Å². The molecule has 4 aromatic rings. The van der Waals surface area contributed by atoms with Crippen molar-refractivity contribution in [3.8, 4) is 0 Å². The predicted octanol–water partition coefficient (Wildman–Crippen LogP) is 4.44. The lowest BCUT2D eigenvalue weighted by Crippen LogP contribution is -2.23. The average molecular weight is 356 g/mol. The highest BCUT2D eigenvalue weighted by molar-refractivity contribution is 7.71. The van der Waals surface area contributed by atoms with E-state index < -0.39 is 0 Å². The zero-order chi connectivity index (χ0) is 16.7. The molecule has 0 fully saturated rings. The van der Waals surface area contributed by atoms with Crippen LogP contribution < -0.4 is 5.56 Å². The number of hydrogen-bond donors (Lipinski definition) is 2. The molecular formula is C18H14ClN3OS. The predicted molar refractivity (Wildman–Crippen MR) is 100 cm³/mol. The number of rotatable bonds is 3. The molecule has 2 aromatic heterocycles. The van der Waals surface area contributed by atoms with Crippen LogP contribution in [-0.4, -0.2) is 14.5 Å². The van der Waals surface area contributed by atoms with Crippen LogP contribution in [0.15, 0.2) is 53.5 Å². The fraction of sp³-hybridized carbons (Fsp3) is 0.111. The van der Waals surface area contributed by atoms with E-state index in [2.05, 4.69) is 16.0 Å². The second-order valence-corrected chi connectivity index (χ2v) is 6.51. The number of aromatic nitrogens is 3. The molecule has 6 heteroatoms. The van der Waals surface area contributed by atoms with E-state index in [-0.39, 0.29) is 5.56 Å². The average Bonchev–Trinajstić information content (AvgIpc) is 2.97.